The summed E-state index contributed by atoms with van der Waals surface area (Å²) in [5, 5.41) is 13.6. The van der Waals surface area contributed by atoms with Crippen molar-refractivity contribution in [3.63, 3.8) is 0 Å². The fourth-order valence-electron chi connectivity index (χ4n) is 1.80. The number of carbonyl (C=O) groups excluding carboxylic acids is 1. The molecule has 0 unspecified atom stereocenters. The van der Waals surface area contributed by atoms with Crippen LogP contribution < -0.4 is 5.43 Å². The second-order valence-electron chi connectivity index (χ2n) is 4.52. The second-order valence-corrected chi connectivity index (χ2v) is 4.52. The van der Waals surface area contributed by atoms with Gasteiger partial charge in [-0.2, -0.15) is 5.10 Å². The van der Waals surface area contributed by atoms with Gasteiger partial charge in [0.05, 0.1) is 11.3 Å². The normalized spacial score (nSPS) is 11.2. The van der Waals surface area contributed by atoms with Crippen LogP contribution in [0.2, 0.25) is 0 Å². The molecule has 0 spiro atoms. The summed E-state index contributed by atoms with van der Waals surface area (Å²) in [6, 6.07) is 14.2. The van der Waals surface area contributed by atoms with Gasteiger partial charge in [0.25, 0.3) is 5.91 Å². The number of hydrogen-bond acceptors (Lipinski definition) is 3. The summed E-state index contributed by atoms with van der Waals surface area (Å²) in [5.41, 5.74) is 5.43. The van der Waals surface area contributed by atoms with Crippen molar-refractivity contribution < 1.29 is 9.90 Å². The minimum absolute atomic E-state index is 0.0617. The monoisotopic (exact) mass is 268 g/mol. The average Bonchev–Trinajstić information content (AvgIpc) is 2.45. The van der Waals surface area contributed by atoms with Gasteiger partial charge in [-0.05, 0) is 31.5 Å². The van der Waals surface area contributed by atoms with Crippen molar-refractivity contribution in [2.45, 2.75) is 13.8 Å². The van der Waals surface area contributed by atoms with Crippen LogP contribution in [0.4, 0.5) is 0 Å². The maximum Gasteiger partial charge on any atom is 0.275 e. The van der Waals surface area contributed by atoms with Gasteiger partial charge in [0, 0.05) is 0 Å². The van der Waals surface area contributed by atoms with E-state index in [1.807, 2.05) is 38.1 Å². The highest BCUT2D eigenvalue weighted by molar-refractivity contribution is 6.01. The van der Waals surface area contributed by atoms with Gasteiger partial charge in [-0.1, -0.05) is 42.0 Å². The molecule has 0 saturated carbocycles. The number of para-hydroxylation sites is 1. The van der Waals surface area contributed by atoms with E-state index in [9.17, 15) is 9.90 Å². The third-order valence-corrected chi connectivity index (χ3v) is 2.91. The van der Waals surface area contributed by atoms with Gasteiger partial charge in [0.15, 0.2) is 0 Å². The maximum absolute atomic E-state index is 11.9. The molecule has 4 heteroatoms. The molecule has 0 fully saturated rings. The molecule has 0 aliphatic carbocycles. The predicted molar refractivity (Wildman–Crippen MR) is 79.0 cm³/mol. The van der Waals surface area contributed by atoms with Crippen LogP contribution in [-0.4, -0.2) is 16.7 Å². The minimum Gasteiger partial charge on any atom is -0.507 e. The summed E-state index contributed by atoms with van der Waals surface area (Å²) in [4.78, 5) is 11.9. The molecule has 0 radical (unpaired) electrons. The number of benzene rings is 2. The van der Waals surface area contributed by atoms with E-state index in [4.69, 9.17) is 0 Å². The van der Waals surface area contributed by atoms with Crippen LogP contribution in [0, 0.1) is 6.92 Å². The zero-order chi connectivity index (χ0) is 14.5. The van der Waals surface area contributed by atoms with Crippen LogP contribution in [0.5, 0.6) is 5.75 Å². The van der Waals surface area contributed by atoms with Gasteiger partial charge >= 0.3 is 0 Å². The van der Waals surface area contributed by atoms with Gasteiger partial charge < -0.3 is 5.11 Å². The van der Waals surface area contributed by atoms with Crippen molar-refractivity contribution in [3.8, 4) is 5.75 Å². The van der Waals surface area contributed by atoms with Crippen molar-refractivity contribution >= 4 is 11.6 Å². The summed E-state index contributed by atoms with van der Waals surface area (Å²) in [5.74, 6) is -0.497. The Balaban J connectivity index is 2.13. The fourth-order valence-corrected chi connectivity index (χ4v) is 1.80. The van der Waals surface area contributed by atoms with E-state index in [0.717, 1.165) is 11.1 Å². The third kappa shape index (κ3) is 3.23. The molecule has 4 nitrogen and oxygen atoms in total. The quantitative estimate of drug-likeness (QED) is 0.664. The summed E-state index contributed by atoms with van der Waals surface area (Å²) in [7, 11) is 0. The van der Waals surface area contributed by atoms with Crippen molar-refractivity contribution in [2.24, 2.45) is 5.10 Å². The Morgan fingerprint density at radius 2 is 1.90 bits per heavy atom. The van der Waals surface area contributed by atoms with E-state index < -0.39 is 5.91 Å². The molecule has 0 aliphatic heterocycles. The summed E-state index contributed by atoms with van der Waals surface area (Å²) in [6.07, 6.45) is 0. The maximum atomic E-state index is 11.9. The Hall–Kier alpha value is -2.62. The van der Waals surface area contributed by atoms with Gasteiger partial charge in [0.2, 0.25) is 0 Å². The molecule has 0 bridgehead atoms. The molecule has 0 aromatic heterocycles. The number of nitrogens with zero attached hydrogens (tertiary/aromatic N) is 1. The number of phenols is 1. The molecular weight excluding hydrogens is 252 g/mol. The highest BCUT2D eigenvalue weighted by Gasteiger charge is 2.09. The largest absolute Gasteiger partial charge is 0.507 e. The first-order valence-corrected chi connectivity index (χ1v) is 6.27. The van der Waals surface area contributed by atoms with Crippen LogP contribution in [-0.2, 0) is 0 Å². The number of rotatable bonds is 3. The SMILES string of the molecule is C/C(=N\NC(=O)c1ccccc1O)c1cccc(C)c1. The van der Waals surface area contributed by atoms with E-state index in [-0.39, 0.29) is 11.3 Å². The first-order chi connectivity index (χ1) is 9.58. The highest BCUT2D eigenvalue weighted by Crippen LogP contribution is 2.15. The highest BCUT2D eigenvalue weighted by atomic mass is 16.3. The van der Waals surface area contributed by atoms with E-state index >= 15 is 0 Å². The number of aryl methyl sites for hydroxylation is 1. The molecule has 0 atom stereocenters. The first-order valence-electron chi connectivity index (χ1n) is 6.27. The number of phenolic OH excluding ortho intramolecular Hbond substituents is 1. The number of aromatic hydroxyl groups is 1. The van der Waals surface area contributed by atoms with Gasteiger partial charge in [-0.3, -0.25) is 4.79 Å². The van der Waals surface area contributed by atoms with Crippen LogP contribution in [0.25, 0.3) is 0 Å². The standard InChI is InChI=1S/C16H16N2O2/c1-11-6-5-7-13(10-11)12(2)17-18-16(20)14-8-3-4-9-15(14)19/h3-10,19H,1-2H3,(H,18,20)/b17-12+. The van der Waals surface area contributed by atoms with E-state index in [0.29, 0.717) is 5.71 Å². The minimum atomic E-state index is -0.435. The van der Waals surface area contributed by atoms with Crippen LogP contribution in [0.1, 0.15) is 28.4 Å². The van der Waals surface area contributed by atoms with Crippen molar-refractivity contribution in [2.75, 3.05) is 0 Å². The summed E-state index contributed by atoms with van der Waals surface area (Å²) < 4.78 is 0. The lowest BCUT2D eigenvalue weighted by Gasteiger charge is -2.05. The Morgan fingerprint density at radius 1 is 1.15 bits per heavy atom. The lowest BCUT2D eigenvalue weighted by molar-refractivity contribution is 0.0952. The van der Waals surface area contributed by atoms with Crippen LogP contribution in [0.15, 0.2) is 53.6 Å². The molecule has 0 heterocycles. The summed E-state index contributed by atoms with van der Waals surface area (Å²) >= 11 is 0. The molecule has 2 N–H and O–H groups in total. The number of nitrogens with one attached hydrogen (secondary N) is 1. The van der Waals surface area contributed by atoms with E-state index in [2.05, 4.69) is 10.5 Å². The Kier molecular flexibility index (Phi) is 4.15. The third-order valence-electron chi connectivity index (χ3n) is 2.91. The zero-order valence-electron chi connectivity index (χ0n) is 11.4. The Labute approximate surface area is 117 Å². The smallest absolute Gasteiger partial charge is 0.275 e. The van der Waals surface area contributed by atoms with Crippen molar-refractivity contribution in [1.82, 2.24) is 5.43 Å². The van der Waals surface area contributed by atoms with E-state index in [1.54, 1.807) is 18.2 Å². The number of hydrogen-bond donors (Lipinski definition) is 2. The van der Waals surface area contributed by atoms with Gasteiger partial charge in [-0.25, -0.2) is 5.43 Å². The van der Waals surface area contributed by atoms with Gasteiger partial charge in [0.1, 0.15) is 5.75 Å². The fraction of sp³-hybridized carbons (Fsp3) is 0.125. The number of amides is 1. The topological polar surface area (TPSA) is 61.7 Å². The Morgan fingerprint density at radius 3 is 2.60 bits per heavy atom. The predicted octanol–water partition coefficient (Wildman–Crippen LogP) is 2.85. The molecule has 102 valence electrons. The van der Waals surface area contributed by atoms with Crippen molar-refractivity contribution in [1.29, 1.82) is 0 Å². The Bertz CT molecular complexity index is 663. The lowest BCUT2D eigenvalue weighted by Crippen LogP contribution is -2.19. The first kappa shape index (κ1) is 13.8. The average molecular weight is 268 g/mol. The number of carbonyl (C=O) groups is 1. The molecule has 0 saturated heterocycles. The molecular formula is C16H16N2O2. The zero-order valence-corrected chi connectivity index (χ0v) is 11.4. The molecule has 2 aromatic carbocycles. The van der Waals surface area contributed by atoms with Crippen LogP contribution in [0.3, 0.4) is 0 Å². The molecule has 2 rings (SSSR count). The molecule has 20 heavy (non-hydrogen) atoms. The van der Waals surface area contributed by atoms with Crippen LogP contribution >= 0.6 is 0 Å². The van der Waals surface area contributed by atoms with E-state index in [1.165, 1.54) is 6.07 Å². The summed E-state index contributed by atoms with van der Waals surface area (Å²) in [6.45, 7) is 3.82. The molecule has 0 aliphatic rings. The van der Waals surface area contributed by atoms with Crippen molar-refractivity contribution in [3.05, 3.63) is 65.2 Å². The second kappa shape index (κ2) is 6.02. The van der Waals surface area contributed by atoms with Gasteiger partial charge in [-0.15, -0.1) is 0 Å². The lowest BCUT2D eigenvalue weighted by atomic mass is 10.1. The molecule has 2 aromatic rings. The molecule has 1 amide bonds. The number of hydrazone groups is 1.